The molecule has 0 bridgehead atoms. The summed E-state index contributed by atoms with van der Waals surface area (Å²) in [6.45, 7) is 6.47. The molecule has 1 heterocycles. The number of aryl methyl sites for hydroxylation is 2. The number of hydrogen-bond acceptors (Lipinski definition) is 1. The van der Waals surface area contributed by atoms with Crippen molar-refractivity contribution < 1.29 is 0 Å². The summed E-state index contributed by atoms with van der Waals surface area (Å²) in [7, 11) is 0. The summed E-state index contributed by atoms with van der Waals surface area (Å²) in [6, 6.07) is 6.73. The minimum atomic E-state index is 1.11. The van der Waals surface area contributed by atoms with Crippen LogP contribution in [0.1, 0.15) is 29.9 Å². The summed E-state index contributed by atoms with van der Waals surface area (Å²) in [5.74, 6) is 0. The molecule has 0 radical (unpaired) electrons. The van der Waals surface area contributed by atoms with E-state index in [1.165, 1.54) is 26.1 Å². The molecule has 0 saturated heterocycles. The topological polar surface area (TPSA) is 0 Å². The molecule has 0 aliphatic heterocycles. The Morgan fingerprint density at radius 2 is 2.13 bits per heavy atom. The van der Waals surface area contributed by atoms with Crippen LogP contribution >= 0.6 is 11.3 Å². The molecule has 0 unspecified atom stereocenters. The van der Waals surface area contributed by atoms with Crippen LogP contribution in [0.3, 0.4) is 0 Å². The molecule has 0 nitrogen and oxygen atoms in total. The molecule has 0 spiro atoms. The van der Waals surface area contributed by atoms with Gasteiger partial charge in [-0.1, -0.05) is 30.7 Å². The Bertz CT molecular complexity index is 503. The summed E-state index contributed by atoms with van der Waals surface area (Å²) < 4.78 is 1.41. The number of benzene rings is 1. The number of hydrogen-bond donors (Lipinski definition) is 0. The van der Waals surface area contributed by atoms with Crippen molar-refractivity contribution in [1.29, 1.82) is 0 Å². The SMILES string of the molecule is C/C=C\c1sc2ccc(C)cc2c1CC. The fourth-order valence-electron chi connectivity index (χ4n) is 1.93. The molecule has 0 N–H and O–H groups in total. The van der Waals surface area contributed by atoms with Gasteiger partial charge in [0.2, 0.25) is 0 Å². The van der Waals surface area contributed by atoms with E-state index < -0.39 is 0 Å². The Morgan fingerprint density at radius 3 is 2.80 bits per heavy atom. The maximum absolute atomic E-state index is 2.30. The van der Waals surface area contributed by atoms with Gasteiger partial charge in [-0.05, 0) is 43.4 Å². The van der Waals surface area contributed by atoms with Crippen LogP contribution in [0.15, 0.2) is 24.3 Å². The summed E-state index contributed by atoms with van der Waals surface area (Å²) in [5, 5.41) is 1.44. The second-order valence-corrected chi connectivity index (χ2v) is 4.88. The molecule has 1 heteroatoms. The van der Waals surface area contributed by atoms with Gasteiger partial charge in [-0.3, -0.25) is 0 Å². The number of fused-ring (bicyclic) bond motifs is 1. The fraction of sp³-hybridized carbons (Fsp3) is 0.286. The minimum absolute atomic E-state index is 1.11. The molecular formula is C14H16S. The first kappa shape index (κ1) is 10.4. The van der Waals surface area contributed by atoms with Crippen LogP contribution < -0.4 is 0 Å². The van der Waals surface area contributed by atoms with Crippen molar-refractivity contribution in [3.63, 3.8) is 0 Å². The highest BCUT2D eigenvalue weighted by molar-refractivity contribution is 7.20. The van der Waals surface area contributed by atoms with Crippen LogP contribution in [0.4, 0.5) is 0 Å². The molecule has 0 fully saturated rings. The molecule has 0 saturated carbocycles. The van der Waals surface area contributed by atoms with Crippen LogP contribution in [-0.2, 0) is 6.42 Å². The quantitative estimate of drug-likeness (QED) is 0.676. The lowest BCUT2D eigenvalue weighted by Gasteiger charge is -1.97. The van der Waals surface area contributed by atoms with Gasteiger partial charge < -0.3 is 0 Å². The molecule has 78 valence electrons. The van der Waals surface area contributed by atoms with E-state index in [9.17, 15) is 0 Å². The van der Waals surface area contributed by atoms with Crippen molar-refractivity contribution in [2.24, 2.45) is 0 Å². The van der Waals surface area contributed by atoms with Gasteiger partial charge in [0.05, 0.1) is 0 Å². The highest BCUT2D eigenvalue weighted by atomic mass is 32.1. The van der Waals surface area contributed by atoms with E-state index >= 15 is 0 Å². The Kier molecular flexibility index (Phi) is 2.92. The van der Waals surface area contributed by atoms with Crippen LogP contribution in [0.2, 0.25) is 0 Å². The first-order valence-corrected chi connectivity index (χ1v) is 6.22. The third-order valence-electron chi connectivity index (χ3n) is 2.65. The number of thiophene rings is 1. The van der Waals surface area contributed by atoms with E-state index in [0.717, 1.165) is 6.42 Å². The lowest BCUT2D eigenvalue weighted by molar-refractivity contribution is 1.16. The molecule has 2 aromatic rings. The lowest BCUT2D eigenvalue weighted by atomic mass is 10.1. The van der Waals surface area contributed by atoms with E-state index in [2.05, 4.69) is 51.1 Å². The second kappa shape index (κ2) is 4.19. The average molecular weight is 216 g/mol. The smallest absolute Gasteiger partial charge is 0.0352 e. The van der Waals surface area contributed by atoms with Gasteiger partial charge in [0.25, 0.3) is 0 Å². The maximum Gasteiger partial charge on any atom is 0.0352 e. The fourth-order valence-corrected chi connectivity index (χ4v) is 3.18. The Balaban J connectivity index is 2.73. The van der Waals surface area contributed by atoms with Gasteiger partial charge in [0.1, 0.15) is 0 Å². The van der Waals surface area contributed by atoms with Gasteiger partial charge in [-0.25, -0.2) is 0 Å². The van der Waals surface area contributed by atoms with Crippen molar-refractivity contribution in [3.8, 4) is 0 Å². The van der Waals surface area contributed by atoms with Gasteiger partial charge in [0.15, 0.2) is 0 Å². The predicted molar refractivity (Wildman–Crippen MR) is 70.6 cm³/mol. The summed E-state index contributed by atoms with van der Waals surface area (Å²) in [6.07, 6.45) is 5.46. The number of rotatable bonds is 2. The van der Waals surface area contributed by atoms with Gasteiger partial charge in [0, 0.05) is 9.58 Å². The standard InChI is InChI=1S/C14H16S/c1-4-6-13-11(5-2)12-9-10(3)7-8-14(12)15-13/h4,6-9H,5H2,1-3H3/b6-4-. The highest BCUT2D eigenvalue weighted by Gasteiger charge is 2.07. The van der Waals surface area contributed by atoms with E-state index in [1.54, 1.807) is 0 Å². The lowest BCUT2D eigenvalue weighted by Crippen LogP contribution is -1.80. The molecule has 1 aromatic carbocycles. The Morgan fingerprint density at radius 1 is 1.33 bits per heavy atom. The maximum atomic E-state index is 2.30. The molecule has 1 aromatic heterocycles. The third-order valence-corrected chi connectivity index (χ3v) is 3.83. The van der Waals surface area contributed by atoms with Gasteiger partial charge in [-0.2, -0.15) is 0 Å². The normalized spacial score (nSPS) is 11.7. The molecular weight excluding hydrogens is 200 g/mol. The molecule has 0 amide bonds. The summed E-state index contributed by atoms with van der Waals surface area (Å²) in [5.41, 5.74) is 2.85. The molecule has 15 heavy (non-hydrogen) atoms. The van der Waals surface area contributed by atoms with E-state index in [-0.39, 0.29) is 0 Å². The van der Waals surface area contributed by atoms with Gasteiger partial charge >= 0.3 is 0 Å². The molecule has 0 aliphatic carbocycles. The zero-order valence-corrected chi connectivity index (χ0v) is 10.3. The first-order chi connectivity index (χ1) is 7.26. The van der Waals surface area contributed by atoms with E-state index in [0.29, 0.717) is 0 Å². The van der Waals surface area contributed by atoms with E-state index in [1.807, 2.05) is 11.3 Å². The predicted octanol–water partition coefficient (Wildman–Crippen LogP) is 4.81. The van der Waals surface area contributed by atoms with Crippen molar-refractivity contribution >= 4 is 27.5 Å². The highest BCUT2D eigenvalue weighted by Crippen LogP contribution is 2.33. The van der Waals surface area contributed by atoms with Crippen molar-refractivity contribution in [3.05, 3.63) is 40.3 Å². The molecule has 2 rings (SSSR count). The summed E-state index contributed by atoms with van der Waals surface area (Å²) in [4.78, 5) is 1.42. The van der Waals surface area contributed by atoms with Gasteiger partial charge in [-0.15, -0.1) is 11.3 Å². The summed E-state index contributed by atoms with van der Waals surface area (Å²) >= 11 is 1.89. The second-order valence-electron chi connectivity index (χ2n) is 3.80. The van der Waals surface area contributed by atoms with Crippen molar-refractivity contribution in [1.82, 2.24) is 0 Å². The first-order valence-electron chi connectivity index (χ1n) is 5.41. The molecule has 0 aliphatic rings. The van der Waals surface area contributed by atoms with Crippen LogP contribution in [0.25, 0.3) is 16.2 Å². The Hall–Kier alpha value is -1.08. The number of allylic oxidation sites excluding steroid dienone is 1. The minimum Gasteiger partial charge on any atom is -0.136 e. The van der Waals surface area contributed by atoms with Crippen molar-refractivity contribution in [2.45, 2.75) is 27.2 Å². The van der Waals surface area contributed by atoms with Crippen LogP contribution in [0, 0.1) is 6.92 Å². The largest absolute Gasteiger partial charge is 0.136 e. The monoisotopic (exact) mass is 216 g/mol. The zero-order valence-electron chi connectivity index (χ0n) is 9.50. The molecule has 0 atom stereocenters. The van der Waals surface area contributed by atoms with Crippen LogP contribution in [-0.4, -0.2) is 0 Å². The van der Waals surface area contributed by atoms with Crippen LogP contribution in [0.5, 0.6) is 0 Å². The zero-order chi connectivity index (χ0) is 10.8. The average Bonchev–Trinajstić information content (AvgIpc) is 2.55. The van der Waals surface area contributed by atoms with E-state index in [4.69, 9.17) is 0 Å². The van der Waals surface area contributed by atoms with Crippen molar-refractivity contribution in [2.75, 3.05) is 0 Å². The third kappa shape index (κ3) is 1.84. The Labute approximate surface area is 95.3 Å².